The van der Waals surface area contributed by atoms with Crippen molar-refractivity contribution < 1.29 is 0 Å². The quantitative estimate of drug-likeness (QED) is 0.640. The van der Waals surface area contributed by atoms with Gasteiger partial charge in [-0.2, -0.15) is 5.10 Å². The summed E-state index contributed by atoms with van der Waals surface area (Å²) in [5.41, 5.74) is 5.19. The molecule has 17 heavy (non-hydrogen) atoms. The fraction of sp³-hybridized carbons (Fsp3) is 0.417. The Morgan fingerprint density at radius 1 is 1.18 bits per heavy atom. The molecule has 1 fully saturated rings. The van der Waals surface area contributed by atoms with Gasteiger partial charge in [0.25, 0.3) is 0 Å². The molecule has 1 aromatic carbocycles. The average Bonchev–Trinajstić information content (AvgIpc) is 2.40. The van der Waals surface area contributed by atoms with Gasteiger partial charge in [-0.1, -0.05) is 23.4 Å². The van der Waals surface area contributed by atoms with Crippen LogP contribution in [0.2, 0.25) is 0 Å². The lowest BCUT2D eigenvalue weighted by molar-refractivity contribution is 0.283. The number of benzene rings is 1. The summed E-state index contributed by atoms with van der Waals surface area (Å²) in [4.78, 5) is 12.2. The number of nitrogens with zero attached hydrogens (tertiary/aromatic N) is 3. The summed E-state index contributed by atoms with van der Waals surface area (Å²) in [5, 5.41) is 7.28. The van der Waals surface area contributed by atoms with E-state index in [-0.39, 0.29) is 0 Å². The van der Waals surface area contributed by atoms with Gasteiger partial charge in [0.15, 0.2) is 0 Å². The number of hydrazone groups is 1. The van der Waals surface area contributed by atoms with Crippen LogP contribution in [0.1, 0.15) is 12.8 Å². The van der Waals surface area contributed by atoms with Crippen LogP contribution in [0.4, 0.5) is 5.69 Å². The second-order valence-corrected chi connectivity index (χ2v) is 4.04. The van der Waals surface area contributed by atoms with Crippen molar-refractivity contribution in [2.75, 3.05) is 25.2 Å². The first-order chi connectivity index (χ1) is 8.38. The van der Waals surface area contributed by atoms with E-state index in [1.165, 1.54) is 0 Å². The fourth-order valence-corrected chi connectivity index (χ4v) is 1.80. The highest BCUT2D eigenvalue weighted by molar-refractivity contribution is 5.86. The lowest BCUT2D eigenvalue weighted by atomic mass is 10.1. The fourth-order valence-electron chi connectivity index (χ4n) is 1.80. The minimum Gasteiger partial charge on any atom is -0.281 e. The second-order valence-electron chi connectivity index (χ2n) is 4.04. The Morgan fingerprint density at radius 2 is 1.88 bits per heavy atom. The van der Waals surface area contributed by atoms with Gasteiger partial charge in [-0.05, 0) is 12.1 Å². The number of para-hydroxylation sites is 1. The number of hydrogen-bond donors (Lipinski definition) is 1. The average molecular weight is 232 g/mol. The van der Waals surface area contributed by atoms with Crippen molar-refractivity contribution in [3.8, 4) is 0 Å². The van der Waals surface area contributed by atoms with Gasteiger partial charge >= 0.3 is 0 Å². The van der Waals surface area contributed by atoms with Crippen LogP contribution in [0.15, 0.2) is 40.6 Å². The van der Waals surface area contributed by atoms with Crippen LogP contribution >= 0.6 is 0 Å². The molecule has 0 aliphatic carbocycles. The van der Waals surface area contributed by atoms with E-state index in [4.69, 9.17) is 0 Å². The Balaban J connectivity index is 1.82. The summed E-state index contributed by atoms with van der Waals surface area (Å²) in [6, 6.07) is 9.88. The maximum atomic E-state index is 10.1. The molecule has 1 aliphatic rings. The predicted molar refractivity (Wildman–Crippen MR) is 69.0 cm³/mol. The number of hydrogen-bond acceptors (Lipinski definition) is 5. The smallest absolute Gasteiger partial charge is 0.134 e. The molecule has 5 nitrogen and oxygen atoms in total. The number of nitroso groups, excluding NO2 is 1. The van der Waals surface area contributed by atoms with Gasteiger partial charge in [-0.15, -0.1) is 4.91 Å². The molecule has 90 valence electrons. The summed E-state index contributed by atoms with van der Waals surface area (Å²) in [5.74, 6) is 0. The van der Waals surface area contributed by atoms with Crippen LogP contribution in [0.25, 0.3) is 0 Å². The third-order valence-electron chi connectivity index (χ3n) is 2.81. The zero-order valence-corrected chi connectivity index (χ0v) is 9.67. The molecule has 1 saturated heterocycles. The molecule has 0 saturated carbocycles. The summed E-state index contributed by atoms with van der Waals surface area (Å²) in [6.45, 7) is 2.02. The summed E-state index contributed by atoms with van der Waals surface area (Å²) < 4.78 is 0. The zero-order valence-electron chi connectivity index (χ0n) is 9.67. The molecule has 0 amide bonds. The van der Waals surface area contributed by atoms with E-state index in [2.05, 4.69) is 15.7 Å². The number of anilines is 1. The van der Waals surface area contributed by atoms with Gasteiger partial charge in [0.2, 0.25) is 0 Å². The third kappa shape index (κ3) is 3.64. The molecule has 5 heteroatoms. The summed E-state index contributed by atoms with van der Waals surface area (Å²) in [7, 11) is 0. The van der Waals surface area contributed by atoms with Crippen LogP contribution in [0, 0.1) is 4.91 Å². The van der Waals surface area contributed by atoms with Gasteiger partial charge in [0, 0.05) is 31.6 Å². The molecule has 0 unspecified atom stereocenters. The Morgan fingerprint density at radius 3 is 2.53 bits per heavy atom. The van der Waals surface area contributed by atoms with Gasteiger partial charge in [0.1, 0.15) is 6.67 Å². The predicted octanol–water partition coefficient (Wildman–Crippen LogP) is 2.27. The highest BCUT2D eigenvalue weighted by Crippen LogP contribution is 2.09. The molecule has 1 N–H and O–H groups in total. The van der Waals surface area contributed by atoms with Crippen LogP contribution < -0.4 is 5.43 Å². The Bertz CT molecular complexity index is 381. The molecular weight excluding hydrogens is 216 g/mol. The van der Waals surface area contributed by atoms with E-state index >= 15 is 0 Å². The van der Waals surface area contributed by atoms with Crippen LogP contribution in [-0.4, -0.2) is 30.4 Å². The van der Waals surface area contributed by atoms with E-state index < -0.39 is 0 Å². The van der Waals surface area contributed by atoms with Crippen molar-refractivity contribution in [1.82, 2.24) is 4.90 Å². The molecule has 0 atom stereocenters. The number of rotatable bonds is 4. The highest BCUT2D eigenvalue weighted by Gasteiger charge is 2.14. The van der Waals surface area contributed by atoms with Gasteiger partial charge in [-0.25, -0.2) is 0 Å². The summed E-state index contributed by atoms with van der Waals surface area (Å²) in [6.07, 6.45) is 1.80. The topological polar surface area (TPSA) is 57.1 Å². The van der Waals surface area contributed by atoms with Crippen molar-refractivity contribution in [3.63, 3.8) is 0 Å². The van der Waals surface area contributed by atoms with Crippen molar-refractivity contribution in [1.29, 1.82) is 0 Å². The molecule has 1 aromatic rings. The van der Waals surface area contributed by atoms with Crippen LogP contribution in [0.5, 0.6) is 0 Å². The maximum absolute atomic E-state index is 10.1. The number of piperidine rings is 1. The second kappa shape index (κ2) is 6.10. The first-order valence-corrected chi connectivity index (χ1v) is 5.76. The highest BCUT2D eigenvalue weighted by atomic mass is 16.3. The van der Waals surface area contributed by atoms with E-state index in [1.54, 1.807) is 0 Å². The maximum Gasteiger partial charge on any atom is 0.134 e. The van der Waals surface area contributed by atoms with Crippen molar-refractivity contribution in [2.24, 2.45) is 10.3 Å². The van der Waals surface area contributed by atoms with Gasteiger partial charge in [0.05, 0.1) is 5.69 Å². The molecular formula is C12H16N4O. The SMILES string of the molecule is O=NCN1CCC(=NNc2ccccc2)CC1. The van der Waals surface area contributed by atoms with Crippen molar-refractivity contribution in [3.05, 3.63) is 35.2 Å². The molecule has 0 spiro atoms. The lowest BCUT2D eigenvalue weighted by Crippen LogP contribution is -2.34. The lowest BCUT2D eigenvalue weighted by Gasteiger charge is -2.24. The first kappa shape index (κ1) is 11.7. The minimum absolute atomic E-state index is 0.291. The monoisotopic (exact) mass is 232 g/mol. The first-order valence-electron chi connectivity index (χ1n) is 5.76. The zero-order chi connectivity index (χ0) is 11.9. The Hall–Kier alpha value is -1.75. The van der Waals surface area contributed by atoms with Crippen LogP contribution in [-0.2, 0) is 0 Å². The Kier molecular flexibility index (Phi) is 4.21. The van der Waals surface area contributed by atoms with Crippen LogP contribution in [0.3, 0.4) is 0 Å². The molecule has 0 bridgehead atoms. The molecule has 1 heterocycles. The van der Waals surface area contributed by atoms with Crippen molar-refractivity contribution in [2.45, 2.75) is 12.8 Å². The van der Waals surface area contributed by atoms with Gasteiger partial charge < -0.3 is 0 Å². The summed E-state index contributed by atoms with van der Waals surface area (Å²) >= 11 is 0. The third-order valence-corrected chi connectivity index (χ3v) is 2.81. The van der Waals surface area contributed by atoms with E-state index in [0.717, 1.165) is 37.3 Å². The standard InChI is InChI=1S/C12H16N4O/c17-13-10-16-8-6-12(7-9-16)15-14-11-4-2-1-3-5-11/h1-5,14H,6-10H2. The van der Waals surface area contributed by atoms with E-state index in [1.807, 2.05) is 35.2 Å². The Labute approximate surface area is 100 Å². The molecule has 1 aliphatic heterocycles. The van der Waals surface area contributed by atoms with E-state index in [0.29, 0.717) is 6.67 Å². The molecule has 0 radical (unpaired) electrons. The number of nitrogens with one attached hydrogen (secondary N) is 1. The number of likely N-dealkylation sites (tertiary alicyclic amines) is 1. The normalized spacial score (nSPS) is 16.6. The van der Waals surface area contributed by atoms with Gasteiger partial charge in [-0.3, -0.25) is 10.3 Å². The largest absolute Gasteiger partial charge is 0.281 e. The van der Waals surface area contributed by atoms with E-state index in [9.17, 15) is 4.91 Å². The van der Waals surface area contributed by atoms with Crippen molar-refractivity contribution >= 4 is 11.4 Å². The molecule has 0 aromatic heterocycles. The molecule has 2 rings (SSSR count). The minimum atomic E-state index is 0.291.